The topological polar surface area (TPSA) is 87.7 Å². The van der Waals surface area contributed by atoms with Crippen LogP contribution in [-0.2, 0) is 4.79 Å². The second-order valence-electron chi connectivity index (χ2n) is 6.93. The number of oxime groups is 1. The zero-order chi connectivity index (χ0) is 15.9. The molecule has 1 fully saturated rings. The molecule has 1 rings (SSSR count). The average molecular weight is 297 g/mol. The number of nitrogens with one attached hydrogen (secondary N) is 1. The van der Waals surface area contributed by atoms with Crippen LogP contribution in [0.1, 0.15) is 65.7 Å². The van der Waals surface area contributed by atoms with E-state index in [1.54, 1.807) is 0 Å². The lowest BCUT2D eigenvalue weighted by Crippen LogP contribution is -2.56. The maximum absolute atomic E-state index is 12.3. The van der Waals surface area contributed by atoms with Crippen LogP contribution >= 0.6 is 0 Å². The van der Waals surface area contributed by atoms with E-state index in [-0.39, 0.29) is 11.7 Å². The fourth-order valence-electron chi connectivity index (χ4n) is 3.14. The minimum absolute atomic E-state index is 0.0510. The average Bonchev–Trinajstić information content (AvgIpc) is 2.41. The SMILES string of the molecule is CC(C)CCCCCCNC(=O)C1(C(N)=NO)CC(C)C1. The molecule has 0 unspecified atom stereocenters. The Morgan fingerprint density at radius 1 is 1.33 bits per heavy atom. The van der Waals surface area contributed by atoms with Gasteiger partial charge >= 0.3 is 0 Å². The van der Waals surface area contributed by atoms with Gasteiger partial charge in [-0.1, -0.05) is 51.6 Å². The van der Waals surface area contributed by atoms with Crippen molar-refractivity contribution < 1.29 is 10.0 Å². The molecule has 0 saturated heterocycles. The Hall–Kier alpha value is -1.26. The summed E-state index contributed by atoms with van der Waals surface area (Å²) in [6.07, 6.45) is 7.22. The predicted molar refractivity (Wildman–Crippen MR) is 85.2 cm³/mol. The van der Waals surface area contributed by atoms with Crippen LogP contribution in [0, 0.1) is 17.3 Å². The number of carbonyl (C=O) groups excluding carboxylic acids is 1. The first-order valence-corrected chi connectivity index (χ1v) is 8.18. The molecule has 0 radical (unpaired) electrons. The first kappa shape index (κ1) is 17.8. The van der Waals surface area contributed by atoms with Crippen LogP contribution in [0.2, 0.25) is 0 Å². The zero-order valence-electron chi connectivity index (χ0n) is 13.7. The number of hydrogen-bond acceptors (Lipinski definition) is 3. The van der Waals surface area contributed by atoms with Gasteiger partial charge in [-0.25, -0.2) is 0 Å². The van der Waals surface area contributed by atoms with Gasteiger partial charge in [0.25, 0.3) is 0 Å². The summed E-state index contributed by atoms with van der Waals surface area (Å²) in [4.78, 5) is 12.3. The van der Waals surface area contributed by atoms with Crippen LogP contribution in [-0.4, -0.2) is 23.5 Å². The lowest BCUT2D eigenvalue weighted by atomic mass is 9.61. The number of nitrogens with two attached hydrogens (primary N) is 1. The van der Waals surface area contributed by atoms with E-state index in [9.17, 15) is 4.79 Å². The summed E-state index contributed by atoms with van der Waals surface area (Å²) in [5, 5.41) is 14.9. The summed E-state index contributed by atoms with van der Waals surface area (Å²) in [6.45, 7) is 7.24. The van der Waals surface area contributed by atoms with Crippen LogP contribution in [0.5, 0.6) is 0 Å². The van der Waals surface area contributed by atoms with Crippen molar-refractivity contribution in [3.05, 3.63) is 0 Å². The quantitative estimate of drug-likeness (QED) is 0.201. The van der Waals surface area contributed by atoms with Crippen LogP contribution in [0.15, 0.2) is 5.16 Å². The van der Waals surface area contributed by atoms with E-state index in [2.05, 4.69) is 31.2 Å². The third-order valence-corrected chi connectivity index (χ3v) is 4.42. The summed E-state index contributed by atoms with van der Waals surface area (Å²) in [7, 11) is 0. The van der Waals surface area contributed by atoms with Crippen molar-refractivity contribution in [2.45, 2.75) is 65.7 Å². The Labute approximate surface area is 128 Å². The van der Waals surface area contributed by atoms with Crippen LogP contribution < -0.4 is 11.1 Å². The summed E-state index contributed by atoms with van der Waals surface area (Å²) >= 11 is 0. The smallest absolute Gasteiger partial charge is 0.233 e. The molecule has 0 aromatic carbocycles. The summed E-state index contributed by atoms with van der Waals surface area (Å²) in [5.41, 5.74) is 4.94. The van der Waals surface area contributed by atoms with Crippen molar-refractivity contribution in [1.82, 2.24) is 5.32 Å². The second kappa shape index (κ2) is 8.25. The lowest BCUT2D eigenvalue weighted by Gasteiger charge is -2.43. The maximum atomic E-state index is 12.3. The van der Waals surface area contributed by atoms with E-state index in [4.69, 9.17) is 10.9 Å². The van der Waals surface area contributed by atoms with Crippen molar-refractivity contribution >= 4 is 11.7 Å². The van der Waals surface area contributed by atoms with Gasteiger partial charge in [-0.3, -0.25) is 4.79 Å². The molecule has 0 aromatic heterocycles. The molecular weight excluding hydrogens is 266 g/mol. The third-order valence-electron chi connectivity index (χ3n) is 4.42. The standard InChI is InChI=1S/C16H31N3O2/c1-12(2)8-6-4-5-7-9-18-15(20)16(14(17)19-21)10-13(3)11-16/h12-13,21H,4-11H2,1-3H3,(H2,17,19)(H,18,20). The highest BCUT2D eigenvalue weighted by Gasteiger charge is 2.51. The highest BCUT2D eigenvalue weighted by molar-refractivity contribution is 6.07. The van der Waals surface area contributed by atoms with Gasteiger partial charge in [0.05, 0.1) is 0 Å². The number of amidine groups is 1. The van der Waals surface area contributed by atoms with E-state index in [1.807, 2.05) is 0 Å². The van der Waals surface area contributed by atoms with Gasteiger partial charge in [0.15, 0.2) is 5.84 Å². The Morgan fingerprint density at radius 2 is 1.95 bits per heavy atom. The predicted octanol–water partition coefficient (Wildman–Crippen LogP) is 2.87. The lowest BCUT2D eigenvalue weighted by molar-refractivity contribution is -0.133. The Kier molecular flexibility index (Phi) is 6.99. The molecule has 1 aliphatic rings. The van der Waals surface area contributed by atoms with Crippen molar-refractivity contribution in [3.63, 3.8) is 0 Å². The van der Waals surface area contributed by atoms with Crippen LogP contribution in [0.25, 0.3) is 0 Å². The molecule has 4 N–H and O–H groups in total. The molecule has 1 saturated carbocycles. The molecule has 0 bridgehead atoms. The fourth-order valence-corrected chi connectivity index (χ4v) is 3.14. The minimum atomic E-state index is -0.772. The molecule has 5 heteroatoms. The number of unbranched alkanes of at least 4 members (excludes halogenated alkanes) is 3. The molecule has 0 heterocycles. The van der Waals surface area contributed by atoms with Crippen molar-refractivity contribution in [2.24, 2.45) is 28.1 Å². The highest BCUT2D eigenvalue weighted by Crippen LogP contribution is 2.45. The van der Waals surface area contributed by atoms with Gasteiger partial charge in [-0.2, -0.15) is 0 Å². The number of rotatable bonds is 9. The van der Waals surface area contributed by atoms with Crippen molar-refractivity contribution in [1.29, 1.82) is 0 Å². The summed E-state index contributed by atoms with van der Waals surface area (Å²) in [6, 6.07) is 0. The molecule has 1 aliphatic carbocycles. The number of amides is 1. The van der Waals surface area contributed by atoms with Gasteiger partial charge in [0.1, 0.15) is 5.41 Å². The molecule has 0 aliphatic heterocycles. The van der Waals surface area contributed by atoms with Gasteiger partial charge in [-0.05, 0) is 31.1 Å². The number of hydrogen-bond donors (Lipinski definition) is 3. The molecule has 0 atom stereocenters. The van der Waals surface area contributed by atoms with E-state index in [0.717, 1.165) is 18.8 Å². The Bertz CT molecular complexity index is 361. The largest absolute Gasteiger partial charge is 0.409 e. The summed E-state index contributed by atoms with van der Waals surface area (Å²) in [5.74, 6) is 1.19. The zero-order valence-corrected chi connectivity index (χ0v) is 13.7. The highest BCUT2D eigenvalue weighted by atomic mass is 16.4. The Balaban J connectivity index is 2.24. The van der Waals surface area contributed by atoms with Gasteiger partial charge < -0.3 is 16.3 Å². The molecule has 0 spiro atoms. The van der Waals surface area contributed by atoms with Crippen molar-refractivity contribution in [2.75, 3.05) is 6.54 Å². The van der Waals surface area contributed by atoms with Crippen molar-refractivity contribution in [3.8, 4) is 0 Å². The molecule has 0 aromatic rings. The molecule has 122 valence electrons. The minimum Gasteiger partial charge on any atom is -0.409 e. The van der Waals surface area contributed by atoms with E-state index in [0.29, 0.717) is 25.3 Å². The molecule has 1 amide bonds. The van der Waals surface area contributed by atoms with Gasteiger partial charge in [-0.15, -0.1) is 0 Å². The van der Waals surface area contributed by atoms with E-state index < -0.39 is 5.41 Å². The molecule has 21 heavy (non-hydrogen) atoms. The molecule has 5 nitrogen and oxygen atoms in total. The number of carbonyl (C=O) groups is 1. The molecular formula is C16H31N3O2. The van der Waals surface area contributed by atoms with E-state index >= 15 is 0 Å². The first-order chi connectivity index (χ1) is 9.92. The maximum Gasteiger partial charge on any atom is 0.233 e. The number of nitrogens with zero attached hydrogens (tertiary/aromatic N) is 1. The van der Waals surface area contributed by atoms with Gasteiger partial charge in [0.2, 0.25) is 5.91 Å². The second-order valence-corrected chi connectivity index (χ2v) is 6.93. The third kappa shape index (κ3) is 4.90. The monoisotopic (exact) mass is 297 g/mol. The fraction of sp³-hybridized carbons (Fsp3) is 0.875. The first-order valence-electron chi connectivity index (χ1n) is 8.18. The Morgan fingerprint density at radius 3 is 2.48 bits per heavy atom. The van der Waals surface area contributed by atoms with E-state index in [1.165, 1.54) is 19.3 Å². The summed E-state index contributed by atoms with van der Waals surface area (Å²) < 4.78 is 0. The van der Waals surface area contributed by atoms with Crippen LogP contribution in [0.3, 0.4) is 0 Å². The van der Waals surface area contributed by atoms with Crippen LogP contribution in [0.4, 0.5) is 0 Å². The van der Waals surface area contributed by atoms with Gasteiger partial charge in [0, 0.05) is 6.54 Å². The normalized spacial score (nSPS) is 25.7.